The first-order valence-corrected chi connectivity index (χ1v) is 4.04. The molecule has 1 amide bonds. The number of anilines is 2. The second-order valence-electron chi connectivity index (χ2n) is 2.85. The van der Waals surface area contributed by atoms with Crippen molar-refractivity contribution in [3.63, 3.8) is 0 Å². The number of fused-ring (bicyclic) bond motifs is 1. The molecule has 2 aromatic heterocycles. The first kappa shape index (κ1) is 8.49. The Balaban J connectivity index is 2.55. The third-order valence-electron chi connectivity index (χ3n) is 1.69. The number of hydrogen-bond acceptors (Lipinski definition) is 4. The number of carbonyl (C=O) groups excluding carboxylic acids is 1. The van der Waals surface area contributed by atoms with Crippen LogP contribution in [0.1, 0.15) is 6.92 Å². The van der Waals surface area contributed by atoms with Crippen LogP contribution in [-0.2, 0) is 4.79 Å². The predicted molar refractivity (Wildman–Crippen MR) is 51.7 cm³/mol. The first-order chi connectivity index (χ1) is 6.66. The molecule has 6 heteroatoms. The molecule has 72 valence electrons. The number of nitrogen functional groups attached to an aromatic ring is 1. The van der Waals surface area contributed by atoms with Crippen LogP contribution in [0.5, 0.6) is 0 Å². The lowest BCUT2D eigenvalue weighted by molar-refractivity contribution is -0.114. The van der Waals surface area contributed by atoms with Crippen molar-refractivity contribution in [3.05, 3.63) is 18.3 Å². The largest absolute Gasteiger partial charge is 0.382 e. The van der Waals surface area contributed by atoms with Gasteiger partial charge in [-0.15, -0.1) is 5.10 Å². The summed E-state index contributed by atoms with van der Waals surface area (Å²) < 4.78 is 1.48. The molecule has 6 nitrogen and oxygen atoms in total. The Morgan fingerprint density at radius 3 is 3.07 bits per heavy atom. The minimum atomic E-state index is -0.170. The summed E-state index contributed by atoms with van der Waals surface area (Å²) in [6.07, 6.45) is 1.53. The molecule has 2 heterocycles. The summed E-state index contributed by atoms with van der Waals surface area (Å²) in [5.41, 5.74) is 6.15. The average Bonchev–Trinajstić information content (AvgIpc) is 2.47. The molecule has 0 aliphatic heterocycles. The van der Waals surface area contributed by atoms with Crippen molar-refractivity contribution < 1.29 is 4.79 Å². The van der Waals surface area contributed by atoms with Gasteiger partial charge in [0.2, 0.25) is 5.91 Å². The normalized spacial score (nSPS) is 10.4. The first-order valence-electron chi connectivity index (χ1n) is 4.04. The van der Waals surface area contributed by atoms with E-state index in [1.807, 2.05) is 0 Å². The fraction of sp³-hybridized carbons (Fsp3) is 0.125. The Kier molecular flexibility index (Phi) is 1.81. The van der Waals surface area contributed by atoms with E-state index in [-0.39, 0.29) is 5.91 Å². The Hall–Kier alpha value is -2.11. The van der Waals surface area contributed by atoms with Crippen molar-refractivity contribution in [3.8, 4) is 0 Å². The number of nitrogens with one attached hydrogen (secondary N) is 1. The number of aromatic nitrogens is 3. The van der Waals surface area contributed by atoms with E-state index in [9.17, 15) is 4.79 Å². The summed E-state index contributed by atoms with van der Waals surface area (Å²) in [6, 6.07) is 3.38. The van der Waals surface area contributed by atoms with Gasteiger partial charge in [0, 0.05) is 6.92 Å². The van der Waals surface area contributed by atoms with Gasteiger partial charge in [-0.2, -0.15) is 4.52 Å². The number of imidazole rings is 1. The van der Waals surface area contributed by atoms with E-state index in [1.54, 1.807) is 12.1 Å². The number of nitrogens with zero attached hydrogens (tertiary/aromatic N) is 3. The molecule has 0 aliphatic carbocycles. The summed E-state index contributed by atoms with van der Waals surface area (Å²) in [7, 11) is 0. The molecule has 0 unspecified atom stereocenters. The zero-order valence-electron chi connectivity index (χ0n) is 7.56. The van der Waals surface area contributed by atoms with Crippen LogP contribution in [0.25, 0.3) is 5.65 Å². The molecule has 2 aromatic rings. The lowest BCUT2D eigenvalue weighted by Crippen LogP contribution is -2.09. The second-order valence-corrected chi connectivity index (χ2v) is 2.85. The van der Waals surface area contributed by atoms with Crippen LogP contribution in [0.15, 0.2) is 18.3 Å². The lowest BCUT2D eigenvalue weighted by atomic mass is 10.5. The van der Waals surface area contributed by atoms with Gasteiger partial charge in [-0.3, -0.25) is 4.79 Å². The SMILES string of the molecule is CC(=O)Nc1cnc2ccc(N)nn12. The predicted octanol–water partition coefficient (Wildman–Crippen LogP) is 0.270. The van der Waals surface area contributed by atoms with E-state index in [2.05, 4.69) is 15.4 Å². The number of hydrogen-bond donors (Lipinski definition) is 2. The van der Waals surface area contributed by atoms with Gasteiger partial charge in [-0.25, -0.2) is 4.98 Å². The maximum atomic E-state index is 10.8. The summed E-state index contributed by atoms with van der Waals surface area (Å²) in [5, 5.41) is 6.60. The minimum absolute atomic E-state index is 0.170. The van der Waals surface area contributed by atoms with Crippen molar-refractivity contribution in [1.29, 1.82) is 0 Å². The zero-order chi connectivity index (χ0) is 10.1. The highest BCUT2D eigenvalue weighted by Crippen LogP contribution is 2.10. The quantitative estimate of drug-likeness (QED) is 0.677. The molecule has 14 heavy (non-hydrogen) atoms. The molecule has 0 spiro atoms. The van der Waals surface area contributed by atoms with E-state index in [4.69, 9.17) is 5.73 Å². The molecule has 0 saturated carbocycles. The van der Waals surface area contributed by atoms with Crippen LogP contribution in [0.2, 0.25) is 0 Å². The van der Waals surface area contributed by atoms with Gasteiger partial charge in [-0.1, -0.05) is 0 Å². The van der Waals surface area contributed by atoms with Crippen molar-refractivity contribution >= 4 is 23.2 Å². The molecule has 0 bridgehead atoms. The zero-order valence-corrected chi connectivity index (χ0v) is 7.56. The Labute approximate surface area is 79.7 Å². The highest BCUT2D eigenvalue weighted by molar-refractivity contribution is 5.88. The Morgan fingerprint density at radius 2 is 2.36 bits per heavy atom. The van der Waals surface area contributed by atoms with Gasteiger partial charge in [-0.05, 0) is 12.1 Å². The van der Waals surface area contributed by atoms with Crippen molar-refractivity contribution in [2.24, 2.45) is 0 Å². The van der Waals surface area contributed by atoms with Gasteiger partial charge in [0.15, 0.2) is 11.5 Å². The van der Waals surface area contributed by atoms with Gasteiger partial charge < -0.3 is 11.1 Å². The van der Waals surface area contributed by atoms with Crippen LogP contribution >= 0.6 is 0 Å². The molecular weight excluding hydrogens is 182 g/mol. The van der Waals surface area contributed by atoms with Crippen LogP contribution in [0.4, 0.5) is 11.6 Å². The molecule has 3 N–H and O–H groups in total. The Bertz CT molecular complexity index is 489. The monoisotopic (exact) mass is 191 g/mol. The standard InChI is InChI=1S/C8H9N5O/c1-5(14)11-8-4-10-7-3-2-6(9)12-13(7)8/h2-4H,1H3,(H2,9,12)(H,11,14). The molecule has 0 aliphatic rings. The van der Waals surface area contributed by atoms with E-state index in [0.717, 1.165) is 0 Å². The third kappa shape index (κ3) is 1.37. The van der Waals surface area contributed by atoms with Gasteiger partial charge in [0.05, 0.1) is 6.20 Å². The number of rotatable bonds is 1. The number of nitrogens with two attached hydrogens (primary N) is 1. The van der Waals surface area contributed by atoms with Gasteiger partial charge in [0.1, 0.15) is 5.82 Å². The molecule has 2 rings (SSSR count). The van der Waals surface area contributed by atoms with Gasteiger partial charge >= 0.3 is 0 Å². The fourth-order valence-electron chi connectivity index (χ4n) is 1.15. The van der Waals surface area contributed by atoms with Crippen LogP contribution in [0, 0.1) is 0 Å². The lowest BCUT2D eigenvalue weighted by Gasteiger charge is -2.00. The minimum Gasteiger partial charge on any atom is -0.382 e. The summed E-state index contributed by atoms with van der Waals surface area (Å²) in [4.78, 5) is 14.9. The number of carbonyl (C=O) groups is 1. The fourth-order valence-corrected chi connectivity index (χ4v) is 1.15. The maximum Gasteiger partial charge on any atom is 0.222 e. The summed E-state index contributed by atoms with van der Waals surface area (Å²) >= 11 is 0. The molecule has 0 radical (unpaired) electrons. The van der Waals surface area contributed by atoms with Crippen LogP contribution < -0.4 is 11.1 Å². The van der Waals surface area contributed by atoms with E-state index < -0.39 is 0 Å². The van der Waals surface area contributed by atoms with Gasteiger partial charge in [0.25, 0.3) is 0 Å². The van der Waals surface area contributed by atoms with Crippen molar-refractivity contribution in [2.45, 2.75) is 6.92 Å². The topological polar surface area (TPSA) is 85.3 Å². The van der Waals surface area contributed by atoms with E-state index in [0.29, 0.717) is 17.3 Å². The highest BCUT2D eigenvalue weighted by Gasteiger charge is 2.04. The molecule has 0 atom stereocenters. The van der Waals surface area contributed by atoms with E-state index >= 15 is 0 Å². The van der Waals surface area contributed by atoms with E-state index in [1.165, 1.54) is 17.6 Å². The summed E-state index contributed by atoms with van der Waals surface area (Å²) in [5.74, 6) is 0.720. The van der Waals surface area contributed by atoms with Crippen LogP contribution in [-0.4, -0.2) is 20.5 Å². The molecule has 0 saturated heterocycles. The van der Waals surface area contributed by atoms with Crippen LogP contribution in [0.3, 0.4) is 0 Å². The van der Waals surface area contributed by atoms with Crippen molar-refractivity contribution in [1.82, 2.24) is 14.6 Å². The highest BCUT2D eigenvalue weighted by atomic mass is 16.1. The smallest absolute Gasteiger partial charge is 0.222 e. The second kappa shape index (κ2) is 2.99. The summed E-state index contributed by atoms with van der Waals surface area (Å²) in [6.45, 7) is 1.42. The van der Waals surface area contributed by atoms with Crippen molar-refractivity contribution in [2.75, 3.05) is 11.1 Å². The Morgan fingerprint density at radius 1 is 1.57 bits per heavy atom. The third-order valence-corrected chi connectivity index (χ3v) is 1.69. The molecule has 0 aromatic carbocycles. The maximum absolute atomic E-state index is 10.8. The average molecular weight is 191 g/mol. The number of amides is 1. The molecule has 0 fully saturated rings. The molecular formula is C8H9N5O.